The zero-order valence-electron chi connectivity index (χ0n) is 7.31. The molecule has 1 aromatic heterocycles. The summed E-state index contributed by atoms with van der Waals surface area (Å²) in [7, 11) is 0. The molecular formula is C10H6ClN2Tl. The van der Waals surface area contributed by atoms with E-state index in [1.165, 1.54) is 9.45 Å². The number of hydrogen-bond donors (Lipinski definition) is 0. The zero-order valence-corrected chi connectivity index (χ0v) is 12.6. The van der Waals surface area contributed by atoms with Gasteiger partial charge in [0.2, 0.25) is 0 Å². The van der Waals surface area contributed by atoms with Crippen LogP contribution < -0.4 is 3.12 Å². The van der Waals surface area contributed by atoms with E-state index in [4.69, 9.17) is 11.6 Å². The maximum atomic E-state index is 5.79. The molecule has 0 fully saturated rings. The van der Waals surface area contributed by atoms with Gasteiger partial charge in [-0.2, -0.15) is 0 Å². The van der Waals surface area contributed by atoms with Gasteiger partial charge in [0.25, 0.3) is 0 Å². The molecule has 0 atom stereocenters. The second kappa shape index (κ2) is 4.36. The molecule has 0 saturated heterocycles. The van der Waals surface area contributed by atoms with Gasteiger partial charge in [0.1, 0.15) is 0 Å². The van der Waals surface area contributed by atoms with Crippen LogP contribution in [-0.2, 0) is 0 Å². The molecule has 0 aliphatic heterocycles. The van der Waals surface area contributed by atoms with Crippen molar-refractivity contribution in [3.8, 4) is 11.3 Å². The van der Waals surface area contributed by atoms with Crippen LogP contribution >= 0.6 is 11.6 Å². The molecule has 0 aliphatic rings. The SMILES string of the molecule is Clc1cc(-c2ccc[c]([Tl])c2)ncn1. The Hall–Kier alpha value is -0.488. The van der Waals surface area contributed by atoms with Crippen LogP contribution in [0.2, 0.25) is 5.15 Å². The van der Waals surface area contributed by atoms with Crippen molar-refractivity contribution in [2.45, 2.75) is 0 Å². The van der Waals surface area contributed by atoms with Crippen LogP contribution in [0.5, 0.6) is 0 Å². The number of hydrogen-bond acceptors (Lipinski definition) is 2. The second-order valence-electron chi connectivity index (χ2n) is 2.85. The minimum absolute atomic E-state index is 0.483. The Bertz CT molecular complexity index is 416. The minimum atomic E-state index is 0.483. The first-order chi connectivity index (χ1) is 6.75. The Morgan fingerprint density at radius 2 is 2.00 bits per heavy atom. The van der Waals surface area contributed by atoms with Crippen molar-refractivity contribution >= 4 is 40.5 Å². The van der Waals surface area contributed by atoms with Crippen LogP contribution in [0.25, 0.3) is 11.3 Å². The summed E-state index contributed by atoms with van der Waals surface area (Å²) >= 11 is 6.64. The predicted molar refractivity (Wildman–Crippen MR) is 57.9 cm³/mol. The number of nitrogens with zero attached hydrogens (tertiary/aromatic N) is 2. The summed E-state index contributed by atoms with van der Waals surface area (Å²) < 4.78 is 1.37. The molecule has 0 bridgehead atoms. The summed E-state index contributed by atoms with van der Waals surface area (Å²) in [5, 5.41) is 0.483. The fourth-order valence-electron chi connectivity index (χ4n) is 1.19. The van der Waals surface area contributed by atoms with Gasteiger partial charge in [-0.1, -0.05) is 0 Å². The monoisotopic (exact) mass is 394 g/mol. The van der Waals surface area contributed by atoms with Crippen molar-refractivity contribution in [2.75, 3.05) is 0 Å². The molecule has 0 aliphatic carbocycles. The number of rotatable bonds is 1. The third-order valence-electron chi connectivity index (χ3n) is 1.82. The first kappa shape index (κ1) is 10.0. The Balaban J connectivity index is 2.49. The molecule has 2 rings (SSSR count). The van der Waals surface area contributed by atoms with Crippen LogP contribution in [0.3, 0.4) is 0 Å². The first-order valence-electron chi connectivity index (χ1n) is 4.09. The van der Waals surface area contributed by atoms with Crippen molar-refractivity contribution in [1.29, 1.82) is 0 Å². The van der Waals surface area contributed by atoms with Gasteiger partial charge in [-0.25, -0.2) is 0 Å². The van der Waals surface area contributed by atoms with Gasteiger partial charge >= 0.3 is 104 Å². The van der Waals surface area contributed by atoms with Crippen molar-refractivity contribution in [1.82, 2.24) is 9.97 Å². The molecular weight excluding hydrogens is 388 g/mol. The van der Waals surface area contributed by atoms with Crippen molar-refractivity contribution in [2.24, 2.45) is 0 Å². The normalized spacial score (nSPS) is 10.0. The van der Waals surface area contributed by atoms with Gasteiger partial charge in [0.05, 0.1) is 0 Å². The van der Waals surface area contributed by atoms with E-state index in [9.17, 15) is 0 Å². The topological polar surface area (TPSA) is 25.8 Å². The molecule has 1 heterocycles. The Labute approximate surface area is 103 Å². The average Bonchev–Trinajstić information content (AvgIpc) is 2.18. The standard InChI is InChI=1S/C10H6ClN2.Tl/c11-10-6-9(12-7-13-10)8-4-2-1-3-5-8;/h1-2,4-7H;. The van der Waals surface area contributed by atoms with Gasteiger partial charge in [-0.3, -0.25) is 0 Å². The molecule has 14 heavy (non-hydrogen) atoms. The number of halogens is 1. The molecule has 0 radical (unpaired) electrons. The summed E-state index contributed by atoms with van der Waals surface area (Å²) in [5.41, 5.74) is 1.99. The molecule has 0 amide bonds. The van der Waals surface area contributed by atoms with Crippen molar-refractivity contribution in [3.05, 3.63) is 41.8 Å². The molecule has 2 aromatic rings. The number of aromatic nitrogens is 2. The van der Waals surface area contributed by atoms with E-state index in [2.05, 4.69) is 22.1 Å². The van der Waals surface area contributed by atoms with Crippen molar-refractivity contribution < 1.29 is 0 Å². The van der Waals surface area contributed by atoms with Crippen LogP contribution in [0.1, 0.15) is 0 Å². The molecule has 0 N–H and O–H groups in total. The second-order valence-corrected chi connectivity index (χ2v) is 5.83. The van der Waals surface area contributed by atoms with Crippen LogP contribution in [0, 0.1) is 0 Å². The van der Waals surface area contributed by atoms with Crippen molar-refractivity contribution in [3.63, 3.8) is 0 Å². The fourth-order valence-corrected chi connectivity index (χ4v) is 2.47. The molecule has 2 nitrogen and oxygen atoms in total. The summed E-state index contributed by atoms with van der Waals surface area (Å²) in [6.45, 7) is 0. The van der Waals surface area contributed by atoms with E-state index in [1.807, 2.05) is 12.1 Å². The van der Waals surface area contributed by atoms with Crippen LogP contribution in [0.4, 0.5) is 0 Å². The van der Waals surface area contributed by atoms with Gasteiger partial charge < -0.3 is 0 Å². The number of benzene rings is 1. The van der Waals surface area contributed by atoms with Crippen LogP contribution in [-0.4, -0.2) is 35.7 Å². The molecule has 0 spiro atoms. The Morgan fingerprint density at radius 3 is 2.71 bits per heavy atom. The summed E-state index contributed by atoms with van der Waals surface area (Å²) in [4.78, 5) is 8.03. The van der Waals surface area contributed by atoms with Gasteiger partial charge in [0, 0.05) is 0 Å². The third kappa shape index (κ3) is 2.30. The first-order valence-corrected chi connectivity index (χ1v) is 6.71. The molecule has 0 unspecified atom stereocenters. The maximum absolute atomic E-state index is 5.79. The zero-order chi connectivity index (χ0) is 9.97. The van der Waals surface area contributed by atoms with E-state index >= 15 is 0 Å². The van der Waals surface area contributed by atoms with Gasteiger partial charge in [-0.05, 0) is 0 Å². The summed E-state index contributed by atoms with van der Waals surface area (Å²) in [6.07, 6.45) is 1.49. The van der Waals surface area contributed by atoms with Gasteiger partial charge in [-0.15, -0.1) is 0 Å². The molecule has 66 valence electrons. The summed E-state index contributed by atoms with van der Waals surface area (Å²) in [5.74, 6) is 0. The van der Waals surface area contributed by atoms with Crippen LogP contribution in [0.15, 0.2) is 36.7 Å². The third-order valence-corrected chi connectivity index (χ3v) is 3.42. The average molecular weight is 394 g/mol. The van der Waals surface area contributed by atoms with E-state index in [0.717, 1.165) is 37.0 Å². The van der Waals surface area contributed by atoms with E-state index in [-0.39, 0.29) is 0 Å². The molecule has 0 saturated carbocycles. The molecule has 4 heteroatoms. The molecule has 1 aromatic carbocycles. The van der Waals surface area contributed by atoms with E-state index < -0.39 is 0 Å². The Morgan fingerprint density at radius 1 is 1.14 bits per heavy atom. The summed E-state index contributed by atoms with van der Waals surface area (Å²) in [6, 6.07) is 10.1. The van der Waals surface area contributed by atoms with Gasteiger partial charge in [0.15, 0.2) is 0 Å². The fraction of sp³-hybridized carbons (Fsp3) is 0. The Kier molecular flexibility index (Phi) is 3.12. The van der Waals surface area contributed by atoms with E-state index in [1.54, 1.807) is 6.07 Å². The predicted octanol–water partition coefficient (Wildman–Crippen LogP) is 1.59. The quantitative estimate of drug-likeness (QED) is 0.543. The van der Waals surface area contributed by atoms with E-state index in [0.29, 0.717) is 5.15 Å².